The maximum atomic E-state index is 13.4. The summed E-state index contributed by atoms with van der Waals surface area (Å²) in [5, 5.41) is 4.74. The summed E-state index contributed by atoms with van der Waals surface area (Å²) >= 11 is 6.57. The highest BCUT2D eigenvalue weighted by molar-refractivity contribution is 8.25. The molecule has 1 heterocycles. The lowest BCUT2D eigenvalue weighted by atomic mass is 10.2. The molecule has 5 aromatic rings. The van der Waals surface area contributed by atoms with Gasteiger partial charge in [0.25, 0.3) is 0 Å². The van der Waals surface area contributed by atoms with E-state index in [2.05, 4.69) is 83.6 Å². The molecule has 1 nitrogen and oxygen atoms in total. The van der Waals surface area contributed by atoms with E-state index in [1.54, 1.807) is 0 Å². The molecular formula is C27H21FNPS. The van der Waals surface area contributed by atoms with Gasteiger partial charge in [-0.3, -0.25) is 0 Å². The van der Waals surface area contributed by atoms with Crippen molar-refractivity contribution < 1.29 is 4.39 Å². The third-order valence-corrected chi connectivity index (χ3v) is 10.6. The van der Waals surface area contributed by atoms with Crippen molar-refractivity contribution in [1.82, 2.24) is 4.57 Å². The summed E-state index contributed by atoms with van der Waals surface area (Å²) in [6.45, 7) is 0.666. The van der Waals surface area contributed by atoms with Gasteiger partial charge in [-0.2, -0.15) is 0 Å². The number of benzene rings is 4. The minimum Gasteiger partial charge on any atom is -0.342 e. The van der Waals surface area contributed by atoms with Crippen molar-refractivity contribution in [3.63, 3.8) is 0 Å². The number of rotatable bonds is 5. The minimum absolute atomic E-state index is 0.217. The number of fused-ring (bicyclic) bond motifs is 1. The Labute approximate surface area is 186 Å². The highest BCUT2D eigenvalue weighted by Crippen LogP contribution is 2.45. The molecule has 0 aliphatic rings. The summed E-state index contributed by atoms with van der Waals surface area (Å²) in [4.78, 5) is 0. The molecule has 0 unspecified atom stereocenters. The highest BCUT2D eigenvalue weighted by atomic mass is 32.4. The lowest BCUT2D eigenvalue weighted by Gasteiger charge is -2.23. The number of hydrogen-bond acceptors (Lipinski definition) is 1. The maximum Gasteiger partial charge on any atom is 0.123 e. The van der Waals surface area contributed by atoms with Crippen molar-refractivity contribution in [3.05, 3.63) is 127 Å². The smallest absolute Gasteiger partial charge is 0.123 e. The zero-order valence-corrected chi connectivity index (χ0v) is 18.6. The molecule has 0 aliphatic heterocycles. The van der Waals surface area contributed by atoms with E-state index in [1.807, 2.05) is 24.3 Å². The summed E-state index contributed by atoms with van der Waals surface area (Å²) in [7, 11) is 0. The van der Waals surface area contributed by atoms with Crippen LogP contribution in [0.2, 0.25) is 0 Å². The van der Waals surface area contributed by atoms with E-state index in [-0.39, 0.29) is 5.82 Å². The van der Waals surface area contributed by atoms with E-state index < -0.39 is 6.04 Å². The van der Waals surface area contributed by atoms with Crippen LogP contribution in [0.1, 0.15) is 5.56 Å². The summed E-state index contributed by atoms with van der Waals surface area (Å²) in [5.41, 5.74) is 2.20. The van der Waals surface area contributed by atoms with Crippen LogP contribution < -0.4 is 15.9 Å². The SMILES string of the molecule is Fc1ccc(Cn2cc(P(=S)(c3ccccc3)c3ccccc3)c3ccccc32)cc1. The van der Waals surface area contributed by atoms with Crippen molar-refractivity contribution in [2.75, 3.05) is 0 Å². The quantitative estimate of drug-likeness (QED) is 0.322. The second kappa shape index (κ2) is 8.26. The molecule has 0 aliphatic carbocycles. The van der Waals surface area contributed by atoms with Gasteiger partial charge in [-0.1, -0.05) is 103 Å². The van der Waals surface area contributed by atoms with Crippen LogP contribution in [0.3, 0.4) is 0 Å². The van der Waals surface area contributed by atoms with E-state index in [0.717, 1.165) is 11.1 Å². The van der Waals surface area contributed by atoms with Crippen LogP contribution in [0.4, 0.5) is 4.39 Å². The molecule has 0 atom stereocenters. The summed E-state index contributed by atoms with van der Waals surface area (Å²) in [5.74, 6) is -0.217. The second-order valence-electron chi connectivity index (χ2n) is 7.57. The van der Waals surface area contributed by atoms with E-state index in [0.29, 0.717) is 6.54 Å². The maximum absolute atomic E-state index is 13.4. The van der Waals surface area contributed by atoms with E-state index in [4.69, 9.17) is 11.8 Å². The first-order valence-corrected chi connectivity index (χ1v) is 13.0. The van der Waals surface area contributed by atoms with Crippen molar-refractivity contribution in [2.45, 2.75) is 6.54 Å². The van der Waals surface area contributed by atoms with Crippen LogP contribution in [-0.4, -0.2) is 4.57 Å². The van der Waals surface area contributed by atoms with Gasteiger partial charge in [0.15, 0.2) is 0 Å². The highest BCUT2D eigenvalue weighted by Gasteiger charge is 2.28. The lowest BCUT2D eigenvalue weighted by Crippen LogP contribution is -2.24. The Morgan fingerprint density at radius 3 is 1.84 bits per heavy atom. The normalized spacial score (nSPS) is 11.6. The van der Waals surface area contributed by atoms with Gasteiger partial charge in [-0.25, -0.2) is 4.39 Å². The van der Waals surface area contributed by atoms with Crippen LogP contribution in [0.25, 0.3) is 10.9 Å². The van der Waals surface area contributed by atoms with Gasteiger partial charge in [0.1, 0.15) is 5.82 Å². The van der Waals surface area contributed by atoms with E-state index in [9.17, 15) is 4.39 Å². The number of aromatic nitrogens is 1. The predicted octanol–water partition coefficient (Wildman–Crippen LogP) is 5.58. The van der Waals surface area contributed by atoms with Gasteiger partial charge < -0.3 is 4.57 Å². The summed E-state index contributed by atoms with van der Waals surface area (Å²) in [6.07, 6.45) is 2.22. The Morgan fingerprint density at radius 1 is 0.677 bits per heavy atom. The first-order valence-electron chi connectivity index (χ1n) is 10.2. The molecule has 0 radical (unpaired) electrons. The molecule has 1 aromatic heterocycles. The first-order chi connectivity index (χ1) is 15.2. The van der Waals surface area contributed by atoms with E-state index >= 15 is 0 Å². The zero-order valence-electron chi connectivity index (χ0n) is 16.9. The molecule has 4 aromatic carbocycles. The average Bonchev–Trinajstić information content (AvgIpc) is 3.20. The molecule has 4 heteroatoms. The third-order valence-electron chi connectivity index (χ3n) is 5.61. The number of para-hydroxylation sites is 1. The van der Waals surface area contributed by atoms with Gasteiger partial charge in [-0.05, 0) is 34.4 Å². The fraction of sp³-hybridized carbons (Fsp3) is 0.0370. The van der Waals surface area contributed by atoms with Gasteiger partial charge >= 0.3 is 0 Å². The van der Waals surface area contributed by atoms with Crippen LogP contribution in [0, 0.1) is 5.82 Å². The summed E-state index contributed by atoms with van der Waals surface area (Å²) in [6, 6.07) is 33.8. The molecule has 0 bridgehead atoms. The Morgan fingerprint density at radius 2 is 1.23 bits per heavy atom. The number of hydrogen-bond donors (Lipinski definition) is 0. The fourth-order valence-electron chi connectivity index (χ4n) is 4.10. The summed E-state index contributed by atoms with van der Waals surface area (Å²) < 4.78 is 15.6. The average molecular weight is 442 g/mol. The first kappa shape index (κ1) is 19.9. The molecule has 31 heavy (non-hydrogen) atoms. The lowest BCUT2D eigenvalue weighted by molar-refractivity contribution is 0.626. The van der Waals surface area contributed by atoms with Gasteiger partial charge in [0.2, 0.25) is 0 Å². The number of halogens is 1. The van der Waals surface area contributed by atoms with Crippen molar-refractivity contribution >= 4 is 44.7 Å². The Kier molecular flexibility index (Phi) is 5.31. The largest absolute Gasteiger partial charge is 0.342 e. The topological polar surface area (TPSA) is 4.93 Å². The Hall–Kier alpha value is -3.00. The fourth-order valence-corrected chi connectivity index (χ4v) is 8.13. The molecule has 0 N–H and O–H groups in total. The van der Waals surface area contributed by atoms with Crippen LogP contribution in [-0.2, 0) is 18.4 Å². The Bertz CT molecular complexity index is 1330. The van der Waals surface area contributed by atoms with Crippen LogP contribution in [0.15, 0.2) is 115 Å². The van der Waals surface area contributed by atoms with Gasteiger partial charge in [-0.15, -0.1) is 0 Å². The van der Waals surface area contributed by atoms with Crippen molar-refractivity contribution in [2.24, 2.45) is 0 Å². The van der Waals surface area contributed by atoms with E-state index in [1.165, 1.54) is 33.4 Å². The van der Waals surface area contributed by atoms with Crippen molar-refractivity contribution in [3.8, 4) is 0 Å². The molecule has 0 amide bonds. The predicted molar refractivity (Wildman–Crippen MR) is 134 cm³/mol. The molecule has 0 saturated heterocycles. The van der Waals surface area contributed by atoms with Crippen LogP contribution in [0.5, 0.6) is 0 Å². The standard InChI is InChI=1S/C27H21FNPS/c28-22-17-15-21(16-18-22)19-29-20-27(25-13-7-8-14-26(25)29)30(31,23-9-3-1-4-10-23)24-11-5-2-6-12-24/h1-18,20H,19H2. The monoisotopic (exact) mass is 441 g/mol. The molecule has 0 fully saturated rings. The van der Waals surface area contributed by atoms with Gasteiger partial charge in [0, 0.05) is 35.0 Å². The second-order valence-corrected chi connectivity index (χ2v) is 11.9. The number of nitrogens with zero attached hydrogens (tertiary/aromatic N) is 1. The minimum atomic E-state index is -2.26. The van der Waals surface area contributed by atoms with Crippen LogP contribution >= 0.6 is 6.04 Å². The molecule has 5 rings (SSSR count). The molecule has 0 saturated carbocycles. The van der Waals surface area contributed by atoms with Gasteiger partial charge in [0.05, 0.1) is 0 Å². The van der Waals surface area contributed by atoms with Crippen molar-refractivity contribution in [1.29, 1.82) is 0 Å². The molecule has 152 valence electrons. The third kappa shape index (κ3) is 3.65. The molecular weight excluding hydrogens is 420 g/mol. The Balaban J connectivity index is 1.74. The zero-order chi connectivity index (χ0) is 21.3. The molecule has 0 spiro atoms.